The molecule has 0 spiro atoms. The minimum absolute atomic E-state index is 0.410. The summed E-state index contributed by atoms with van der Waals surface area (Å²) >= 11 is 0. The molecule has 12 heavy (non-hydrogen) atoms. The van der Waals surface area contributed by atoms with Crippen molar-refractivity contribution in [3.8, 4) is 0 Å². The molecule has 1 fully saturated rings. The monoisotopic (exact) mass is 165 g/mol. The fourth-order valence-electron chi connectivity index (χ4n) is 1.28. The van der Waals surface area contributed by atoms with Crippen LogP contribution in [0, 0.1) is 5.92 Å². The second kappa shape index (κ2) is 3.27. The van der Waals surface area contributed by atoms with Crippen LogP contribution in [0.3, 0.4) is 0 Å². The highest BCUT2D eigenvalue weighted by atomic mass is 15.1. The van der Waals surface area contributed by atoms with E-state index in [-0.39, 0.29) is 0 Å². The van der Waals surface area contributed by atoms with Crippen LogP contribution in [-0.4, -0.2) is 16.7 Å². The molecule has 0 bridgehead atoms. The Hall–Kier alpha value is -0.830. The van der Waals surface area contributed by atoms with Gasteiger partial charge in [-0.2, -0.15) is 5.10 Å². The molecular weight excluding hydrogens is 150 g/mol. The van der Waals surface area contributed by atoms with Crippen LogP contribution >= 0.6 is 0 Å². The number of aromatic amines is 1. The van der Waals surface area contributed by atoms with Crippen molar-refractivity contribution in [2.75, 3.05) is 6.54 Å². The second-order valence-electron chi connectivity index (χ2n) is 3.59. The van der Waals surface area contributed by atoms with Gasteiger partial charge in [-0.05, 0) is 38.3 Å². The largest absolute Gasteiger partial charge is 0.309 e. The molecule has 2 rings (SSSR count). The van der Waals surface area contributed by atoms with Gasteiger partial charge < -0.3 is 5.32 Å². The first-order valence-corrected chi connectivity index (χ1v) is 4.59. The van der Waals surface area contributed by atoms with Gasteiger partial charge >= 0.3 is 0 Å². The molecular formula is C9H15N3. The molecule has 1 aliphatic rings. The van der Waals surface area contributed by atoms with E-state index in [1.165, 1.54) is 18.5 Å². The summed E-state index contributed by atoms with van der Waals surface area (Å²) in [4.78, 5) is 0. The first-order valence-electron chi connectivity index (χ1n) is 4.59. The van der Waals surface area contributed by atoms with E-state index < -0.39 is 0 Å². The van der Waals surface area contributed by atoms with E-state index in [2.05, 4.69) is 22.4 Å². The van der Waals surface area contributed by atoms with Gasteiger partial charge in [-0.25, -0.2) is 0 Å². The zero-order chi connectivity index (χ0) is 8.39. The predicted octanol–water partition coefficient (Wildman–Crippen LogP) is 1.47. The van der Waals surface area contributed by atoms with Crippen LogP contribution in [0.15, 0.2) is 12.3 Å². The minimum Gasteiger partial charge on any atom is -0.309 e. The standard InChI is InChI=1S/C9H15N3/c1-7(9-4-5-11-12-9)10-6-8-2-3-8/h4-5,7-8,10H,2-3,6H2,1H3,(H,11,12). The first kappa shape index (κ1) is 7.80. The minimum atomic E-state index is 0.410. The van der Waals surface area contributed by atoms with Crippen LogP contribution in [0.1, 0.15) is 31.5 Å². The van der Waals surface area contributed by atoms with Gasteiger partial charge in [0.15, 0.2) is 0 Å². The topological polar surface area (TPSA) is 40.7 Å². The van der Waals surface area contributed by atoms with E-state index >= 15 is 0 Å². The molecule has 0 radical (unpaired) electrons. The maximum atomic E-state index is 3.92. The molecule has 1 heterocycles. The average molecular weight is 165 g/mol. The van der Waals surface area contributed by atoms with E-state index in [0.29, 0.717) is 6.04 Å². The van der Waals surface area contributed by atoms with Crippen LogP contribution < -0.4 is 5.32 Å². The van der Waals surface area contributed by atoms with Crippen LogP contribution in [0.2, 0.25) is 0 Å². The van der Waals surface area contributed by atoms with Gasteiger partial charge in [0.1, 0.15) is 0 Å². The highest BCUT2D eigenvalue weighted by molar-refractivity contribution is 5.03. The smallest absolute Gasteiger partial charge is 0.0518 e. The van der Waals surface area contributed by atoms with Crippen molar-refractivity contribution in [1.82, 2.24) is 15.5 Å². The normalized spacial score (nSPS) is 19.4. The lowest BCUT2D eigenvalue weighted by molar-refractivity contribution is 0.537. The number of rotatable bonds is 4. The zero-order valence-electron chi connectivity index (χ0n) is 7.38. The van der Waals surface area contributed by atoms with Gasteiger partial charge in [0, 0.05) is 12.2 Å². The molecule has 1 aliphatic carbocycles. The molecule has 1 saturated carbocycles. The third kappa shape index (κ3) is 1.85. The van der Waals surface area contributed by atoms with E-state index in [1.807, 2.05) is 6.07 Å². The van der Waals surface area contributed by atoms with Crippen LogP contribution in [0.25, 0.3) is 0 Å². The van der Waals surface area contributed by atoms with Gasteiger partial charge in [-0.3, -0.25) is 5.10 Å². The molecule has 0 aliphatic heterocycles. The molecule has 0 amide bonds. The Morgan fingerprint density at radius 2 is 2.58 bits per heavy atom. The molecule has 1 aromatic rings. The Morgan fingerprint density at radius 1 is 1.75 bits per heavy atom. The van der Waals surface area contributed by atoms with E-state index in [1.54, 1.807) is 6.20 Å². The van der Waals surface area contributed by atoms with Gasteiger partial charge in [0.25, 0.3) is 0 Å². The van der Waals surface area contributed by atoms with E-state index in [0.717, 1.165) is 12.5 Å². The van der Waals surface area contributed by atoms with Gasteiger partial charge in [-0.1, -0.05) is 0 Å². The van der Waals surface area contributed by atoms with Crippen molar-refractivity contribution in [3.05, 3.63) is 18.0 Å². The zero-order valence-corrected chi connectivity index (χ0v) is 7.38. The van der Waals surface area contributed by atoms with Gasteiger partial charge in [0.2, 0.25) is 0 Å². The number of nitrogens with one attached hydrogen (secondary N) is 2. The van der Waals surface area contributed by atoms with Gasteiger partial charge in [-0.15, -0.1) is 0 Å². The average Bonchev–Trinajstić information content (AvgIpc) is 2.74. The fourth-order valence-corrected chi connectivity index (χ4v) is 1.28. The summed E-state index contributed by atoms with van der Waals surface area (Å²) in [6.07, 6.45) is 4.61. The molecule has 3 heteroatoms. The van der Waals surface area contributed by atoms with Crippen molar-refractivity contribution in [1.29, 1.82) is 0 Å². The lowest BCUT2D eigenvalue weighted by Gasteiger charge is -2.10. The van der Waals surface area contributed by atoms with Crippen molar-refractivity contribution in [3.63, 3.8) is 0 Å². The van der Waals surface area contributed by atoms with Crippen molar-refractivity contribution < 1.29 is 0 Å². The summed E-state index contributed by atoms with van der Waals surface area (Å²) in [6.45, 7) is 3.32. The summed E-state index contributed by atoms with van der Waals surface area (Å²) < 4.78 is 0. The quantitative estimate of drug-likeness (QED) is 0.709. The number of aromatic nitrogens is 2. The molecule has 0 aromatic carbocycles. The molecule has 3 nitrogen and oxygen atoms in total. The fraction of sp³-hybridized carbons (Fsp3) is 0.667. The molecule has 0 saturated heterocycles. The van der Waals surface area contributed by atoms with Crippen LogP contribution in [-0.2, 0) is 0 Å². The van der Waals surface area contributed by atoms with Crippen LogP contribution in [0.5, 0.6) is 0 Å². The second-order valence-corrected chi connectivity index (χ2v) is 3.59. The van der Waals surface area contributed by atoms with Crippen molar-refractivity contribution in [2.45, 2.75) is 25.8 Å². The third-order valence-electron chi connectivity index (χ3n) is 2.40. The molecule has 1 atom stereocenters. The molecule has 1 aromatic heterocycles. The SMILES string of the molecule is CC(NCC1CC1)c1ccn[nH]1. The number of hydrogen-bond donors (Lipinski definition) is 2. The Kier molecular flexibility index (Phi) is 2.13. The Bertz CT molecular complexity index is 226. The Morgan fingerprint density at radius 3 is 3.17 bits per heavy atom. The number of H-pyrrole nitrogens is 1. The lowest BCUT2D eigenvalue weighted by Crippen LogP contribution is -2.21. The summed E-state index contributed by atoms with van der Waals surface area (Å²) in [5.74, 6) is 0.940. The molecule has 2 N–H and O–H groups in total. The maximum absolute atomic E-state index is 3.92. The highest BCUT2D eigenvalue weighted by Gasteiger charge is 2.21. The summed E-state index contributed by atoms with van der Waals surface area (Å²) in [5.41, 5.74) is 1.18. The Labute approximate surface area is 72.6 Å². The maximum Gasteiger partial charge on any atom is 0.0518 e. The summed E-state index contributed by atoms with van der Waals surface area (Å²) in [6, 6.07) is 2.43. The van der Waals surface area contributed by atoms with Crippen molar-refractivity contribution >= 4 is 0 Å². The third-order valence-corrected chi connectivity index (χ3v) is 2.40. The summed E-state index contributed by atoms with van der Waals surface area (Å²) in [5, 5.41) is 10.4. The first-order chi connectivity index (χ1) is 5.86. The highest BCUT2D eigenvalue weighted by Crippen LogP contribution is 2.28. The number of hydrogen-bond acceptors (Lipinski definition) is 2. The number of nitrogens with zero attached hydrogens (tertiary/aromatic N) is 1. The molecule has 66 valence electrons. The van der Waals surface area contributed by atoms with E-state index in [9.17, 15) is 0 Å². The molecule has 1 unspecified atom stereocenters. The predicted molar refractivity (Wildman–Crippen MR) is 47.7 cm³/mol. The Balaban J connectivity index is 1.79. The van der Waals surface area contributed by atoms with E-state index in [4.69, 9.17) is 0 Å². The van der Waals surface area contributed by atoms with Crippen molar-refractivity contribution in [2.24, 2.45) is 5.92 Å². The lowest BCUT2D eigenvalue weighted by atomic mass is 10.2. The van der Waals surface area contributed by atoms with Crippen LogP contribution in [0.4, 0.5) is 0 Å². The summed E-state index contributed by atoms with van der Waals surface area (Å²) in [7, 11) is 0. The van der Waals surface area contributed by atoms with Gasteiger partial charge in [0.05, 0.1) is 5.69 Å².